The summed E-state index contributed by atoms with van der Waals surface area (Å²) >= 11 is 0. The molecule has 1 saturated heterocycles. The molecule has 4 rings (SSSR count). The Kier molecular flexibility index (Phi) is 4.51. The van der Waals surface area contributed by atoms with Gasteiger partial charge in [-0.25, -0.2) is 0 Å². The Morgan fingerprint density at radius 2 is 2.11 bits per heavy atom. The van der Waals surface area contributed by atoms with Crippen molar-refractivity contribution in [3.8, 4) is 0 Å². The van der Waals surface area contributed by atoms with Crippen LogP contribution in [0.2, 0.25) is 0 Å². The Morgan fingerprint density at radius 3 is 2.81 bits per heavy atom. The summed E-state index contributed by atoms with van der Waals surface area (Å²) < 4.78 is 7.23. The van der Waals surface area contributed by atoms with E-state index in [-0.39, 0.29) is 11.8 Å². The molecular weight excluding hydrogens is 342 g/mol. The smallest absolute Gasteiger partial charge is 0.253 e. The molecule has 7 nitrogen and oxygen atoms in total. The number of aryl methyl sites for hydroxylation is 3. The largest absolute Gasteiger partial charge is 0.339 e. The fourth-order valence-electron chi connectivity index (χ4n) is 3.62. The van der Waals surface area contributed by atoms with Crippen LogP contribution in [0.3, 0.4) is 0 Å². The molecule has 2 aromatic heterocycles. The van der Waals surface area contributed by atoms with Crippen molar-refractivity contribution in [2.45, 2.75) is 39.7 Å². The number of likely N-dealkylation sites (tertiary alicyclic amines) is 1. The first-order valence-electron chi connectivity index (χ1n) is 9.19. The minimum atomic E-state index is 0.0453. The standard InChI is InChI=1S/C20H23N5O2/c1-13-9-14(2)25(22-13)11-16-5-4-6-17(10-16)20(26)24-8-7-18(12-24)19-21-15(3)23-27-19/h4-6,9-10,18H,7-8,11-12H2,1-3H3/t18-/m0/s1. The van der Waals surface area contributed by atoms with Gasteiger partial charge in [0.2, 0.25) is 5.89 Å². The molecule has 1 fully saturated rings. The highest BCUT2D eigenvalue weighted by Crippen LogP contribution is 2.27. The average molecular weight is 365 g/mol. The molecule has 140 valence electrons. The fraction of sp³-hybridized carbons (Fsp3) is 0.400. The van der Waals surface area contributed by atoms with Crippen molar-refractivity contribution in [2.24, 2.45) is 0 Å². The fourth-order valence-corrected chi connectivity index (χ4v) is 3.62. The maximum atomic E-state index is 12.9. The number of benzene rings is 1. The lowest BCUT2D eigenvalue weighted by molar-refractivity contribution is 0.0789. The second-order valence-electron chi connectivity index (χ2n) is 7.20. The highest BCUT2D eigenvalue weighted by atomic mass is 16.5. The normalized spacial score (nSPS) is 16.9. The zero-order chi connectivity index (χ0) is 19.0. The monoisotopic (exact) mass is 365 g/mol. The third kappa shape index (κ3) is 3.63. The van der Waals surface area contributed by atoms with Gasteiger partial charge in [0, 0.05) is 24.3 Å². The van der Waals surface area contributed by atoms with E-state index in [1.54, 1.807) is 6.92 Å². The van der Waals surface area contributed by atoms with Crippen LogP contribution in [0.25, 0.3) is 0 Å². The van der Waals surface area contributed by atoms with Crippen LogP contribution in [-0.4, -0.2) is 43.8 Å². The molecule has 0 spiro atoms. The molecule has 0 unspecified atom stereocenters. The van der Waals surface area contributed by atoms with Crippen LogP contribution in [0, 0.1) is 20.8 Å². The molecule has 1 aromatic carbocycles. The Balaban J connectivity index is 1.47. The summed E-state index contributed by atoms with van der Waals surface area (Å²) in [6.07, 6.45) is 0.846. The molecule has 0 N–H and O–H groups in total. The van der Waals surface area contributed by atoms with Gasteiger partial charge in [0.15, 0.2) is 5.82 Å². The third-order valence-electron chi connectivity index (χ3n) is 4.98. The van der Waals surface area contributed by atoms with Crippen molar-refractivity contribution in [2.75, 3.05) is 13.1 Å². The Labute approximate surface area is 158 Å². The quantitative estimate of drug-likeness (QED) is 0.710. The summed E-state index contributed by atoms with van der Waals surface area (Å²) in [5.41, 5.74) is 3.88. The predicted molar refractivity (Wildman–Crippen MR) is 99.5 cm³/mol. The summed E-state index contributed by atoms with van der Waals surface area (Å²) in [6.45, 7) is 7.80. The van der Waals surface area contributed by atoms with Gasteiger partial charge in [0.25, 0.3) is 5.91 Å². The summed E-state index contributed by atoms with van der Waals surface area (Å²) in [5.74, 6) is 1.42. The van der Waals surface area contributed by atoms with Crippen molar-refractivity contribution < 1.29 is 9.32 Å². The van der Waals surface area contributed by atoms with Gasteiger partial charge in [-0.15, -0.1) is 0 Å². The molecule has 0 saturated carbocycles. The zero-order valence-corrected chi connectivity index (χ0v) is 15.8. The molecule has 27 heavy (non-hydrogen) atoms. The predicted octanol–water partition coefficient (Wildman–Crippen LogP) is 2.87. The minimum Gasteiger partial charge on any atom is -0.339 e. The number of hydrogen-bond acceptors (Lipinski definition) is 5. The lowest BCUT2D eigenvalue weighted by atomic mass is 10.1. The number of aromatic nitrogens is 4. The maximum Gasteiger partial charge on any atom is 0.253 e. The van der Waals surface area contributed by atoms with Crippen LogP contribution in [0.4, 0.5) is 0 Å². The van der Waals surface area contributed by atoms with Crippen LogP contribution < -0.4 is 0 Å². The first-order chi connectivity index (χ1) is 13.0. The lowest BCUT2D eigenvalue weighted by Gasteiger charge is -2.16. The molecule has 0 aliphatic carbocycles. The zero-order valence-electron chi connectivity index (χ0n) is 15.8. The van der Waals surface area contributed by atoms with Crippen LogP contribution in [0.5, 0.6) is 0 Å². The number of rotatable bonds is 4. The molecule has 7 heteroatoms. The van der Waals surface area contributed by atoms with Gasteiger partial charge < -0.3 is 9.42 Å². The van der Waals surface area contributed by atoms with Crippen LogP contribution in [-0.2, 0) is 6.54 Å². The number of carbonyl (C=O) groups excluding carboxylic acids is 1. The van der Waals surface area contributed by atoms with Gasteiger partial charge in [-0.05, 0) is 51.0 Å². The second kappa shape index (κ2) is 6.98. The summed E-state index contributed by atoms with van der Waals surface area (Å²) in [4.78, 5) is 19.1. The van der Waals surface area contributed by atoms with E-state index in [1.807, 2.05) is 47.7 Å². The van der Waals surface area contributed by atoms with E-state index in [0.717, 1.165) is 23.4 Å². The van der Waals surface area contributed by atoms with E-state index in [9.17, 15) is 4.79 Å². The lowest BCUT2D eigenvalue weighted by Crippen LogP contribution is -2.28. The van der Waals surface area contributed by atoms with Gasteiger partial charge in [-0.2, -0.15) is 10.1 Å². The van der Waals surface area contributed by atoms with Gasteiger partial charge >= 0.3 is 0 Å². The summed E-state index contributed by atoms with van der Waals surface area (Å²) in [6, 6.07) is 9.85. The molecule has 0 bridgehead atoms. The van der Waals surface area contributed by atoms with Crippen molar-refractivity contribution in [1.82, 2.24) is 24.8 Å². The molecule has 3 heterocycles. The van der Waals surface area contributed by atoms with E-state index < -0.39 is 0 Å². The number of carbonyl (C=O) groups is 1. The van der Waals surface area contributed by atoms with E-state index in [1.165, 1.54) is 0 Å². The second-order valence-corrected chi connectivity index (χ2v) is 7.20. The average Bonchev–Trinajstić information content (AvgIpc) is 3.35. The number of hydrogen-bond donors (Lipinski definition) is 0. The minimum absolute atomic E-state index is 0.0453. The van der Waals surface area contributed by atoms with E-state index >= 15 is 0 Å². The Bertz CT molecular complexity index is 974. The number of nitrogens with zero attached hydrogens (tertiary/aromatic N) is 5. The topological polar surface area (TPSA) is 77.0 Å². The van der Waals surface area contributed by atoms with E-state index in [4.69, 9.17) is 4.52 Å². The van der Waals surface area contributed by atoms with Crippen molar-refractivity contribution >= 4 is 5.91 Å². The Morgan fingerprint density at radius 1 is 1.26 bits per heavy atom. The molecular formula is C20H23N5O2. The first-order valence-corrected chi connectivity index (χ1v) is 9.19. The van der Waals surface area contributed by atoms with E-state index in [2.05, 4.69) is 21.3 Å². The van der Waals surface area contributed by atoms with Crippen LogP contribution in [0.1, 0.15) is 51.4 Å². The molecule has 3 aromatic rings. The molecule has 0 radical (unpaired) electrons. The van der Waals surface area contributed by atoms with Gasteiger partial charge in [-0.3, -0.25) is 9.48 Å². The van der Waals surface area contributed by atoms with Crippen molar-refractivity contribution in [3.05, 3.63) is 64.6 Å². The van der Waals surface area contributed by atoms with Crippen LogP contribution >= 0.6 is 0 Å². The van der Waals surface area contributed by atoms with Gasteiger partial charge in [0.05, 0.1) is 18.2 Å². The van der Waals surface area contributed by atoms with Crippen molar-refractivity contribution in [3.63, 3.8) is 0 Å². The molecule has 1 amide bonds. The summed E-state index contributed by atoms with van der Waals surface area (Å²) in [5, 5.41) is 8.35. The Hall–Kier alpha value is -2.96. The molecule has 1 aliphatic heterocycles. The van der Waals surface area contributed by atoms with Gasteiger partial charge in [-0.1, -0.05) is 17.3 Å². The highest BCUT2D eigenvalue weighted by molar-refractivity contribution is 5.94. The maximum absolute atomic E-state index is 12.9. The van der Waals surface area contributed by atoms with E-state index in [0.29, 0.717) is 36.9 Å². The third-order valence-corrected chi connectivity index (χ3v) is 4.98. The number of amides is 1. The molecule has 1 atom stereocenters. The van der Waals surface area contributed by atoms with Gasteiger partial charge in [0.1, 0.15) is 0 Å². The highest BCUT2D eigenvalue weighted by Gasteiger charge is 2.31. The van der Waals surface area contributed by atoms with Crippen molar-refractivity contribution in [1.29, 1.82) is 0 Å². The SMILES string of the molecule is Cc1cc(C)n(Cc2cccc(C(=O)N3CC[C@H](c4nc(C)no4)C3)c2)n1. The first kappa shape index (κ1) is 17.5. The van der Waals surface area contributed by atoms with Crippen LogP contribution in [0.15, 0.2) is 34.9 Å². The molecule has 1 aliphatic rings. The summed E-state index contributed by atoms with van der Waals surface area (Å²) in [7, 11) is 0.